The van der Waals surface area contributed by atoms with Crippen molar-refractivity contribution >= 4 is 32.9 Å². The van der Waals surface area contributed by atoms with Crippen LogP contribution in [-0.2, 0) is 33.5 Å². The fourth-order valence-electron chi connectivity index (χ4n) is 3.84. The third-order valence-corrected chi connectivity index (χ3v) is 7.01. The summed E-state index contributed by atoms with van der Waals surface area (Å²) in [6.45, 7) is 0. The van der Waals surface area contributed by atoms with E-state index in [-0.39, 0.29) is 42.6 Å². The van der Waals surface area contributed by atoms with E-state index in [1.54, 1.807) is 0 Å². The van der Waals surface area contributed by atoms with Gasteiger partial charge in [0.15, 0.2) is 52.0 Å². The maximum Gasteiger partial charge on any atom is 0.281 e. The Morgan fingerprint density at radius 2 is 1.31 bits per heavy atom. The molecular weight excluding hydrogens is 569 g/mol. The average molecular weight is 596 g/mol. The molecule has 208 valence electrons. The Hall–Kier alpha value is -3.54. The second-order valence-electron chi connectivity index (χ2n) is 8.80. The Bertz CT molecular complexity index is 1420. The van der Waals surface area contributed by atoms with Crippen molar-refractivity contribution in [3.8, 4) is 11.1 Å². The summed E-state index contributed by atoms with van der Waals surface area (Å²) >= 11 is 0. The van der Waals surface area contributed by atoms with Crippen molar-refractivity contribution in [2.45, 2.75) is 24.2 Å². The molecule has 1 fully saturated rings. The largest absolute Gasteiger partial charge is 1.00 e. The molecule has 0 unspecified atom stereocenters. The third-order valence-electron chi connectivity index (χ3n) is 5.90. The smallest absolute Gasteiger partial charge is 0.281 e. The number of pyridine rings is 2. The number of halogens is 2. The van der Waals surface area contributed by atoms with Gasteiger partial charge < -0.3 is 24.8 Å². The van der Waals surface area contributed by atoms with E-state index in [4.69, 9.17) is 0 Å². The third kappa shape index (κ3) is 8.47. The van der Waals surface area contributed by atoms with Crippen molar-refractivity contribution < 1.29 is 61.7 Å². The Morgan fingerprint density at radius 1 is 0.872 bits per heavy atom. The summed E-state index contributed by atoms with van der Waals surface area (Å²) in [6.07, 6.45) is 9.60. The van der Waals surface area contributed by atoms with E-state index in [0.29, 0.717) is 6.42 Å². The zero-order chi connectivity index (χ0) is 27.3. The summed E-state index contributed by atoms with van der Waals surface area (Å²) in [6, 6.07) is 11.3. The van der Waals surface area contributed by atoms with Crippen LogP contribution in [0.2, 0.25) is 0 Å². The van der Waals surface area contributed by atoms with Crippen LogP contribution in [-0.4, -0.2) is 36.9 Å². The minimum absolute atomic E-state index is 0. The normalized spacial score (nSPS) is 13.3. The molecule has 1 saturated carbocycles. The van der Waals surface area contributed by atoms with Crippen molar-refractivity contribution in [3.63, 3.8) is 0 Å². The number of nitro benzene ring substituents is 1. The number of nitrogens with zero attached hydrogens (tertiary/aromatic N) is 3. The Morgan fingerprint density at radius 3 is 1.69 bits per heavy atom. The fourth-order valence-corrected chi connectivity index (χ4v) is 4.48. The molecule has 0 saturated heterocycles. The molecule has 13 heteroatoms. The first-order valence-corrected chi connectivity index (χ1v) is 13.3. The topological polar surface area (TPSA) is 136 Å². The molecule has 0 spiro atoms. The molecule has 3 aromatic rings. The number of aromatic nitrogens is 2. The Balaban J connectivity index is 0.000000409. The van der Waals surface area contributed by atoms with Crippen LogP contribution >= 0.6 is 0 Å². The molecule has 1 aliphatic rings. The quantitative estimate of drug-likeness (QED) is 0.0967. The van der Waals surface area contributed by atoms with E-state index < -0.39 is 49.3 Å². The van der Waals surface area contributed by atoms with Crippen LogP contribution in [0.3, 0.4) is 0 Å². The lowest BCUT2D eigenvalue weighted by molar-refractivity contribution is -0.671. The van der Waals surface area contributed by atoms with E-state index in [1.807, 2.05) is 23.2 Å². The molecule has 0 amide bonds. The zero-order valence-corrected chi connectivity index (χ0v) is 23.7. The molecule has 0 bridgehead atoms. The van der Waals surface area contributed by atoms with E-state index in [1.165, 1.54) is 11.1 Å². The second-order valence-corrected chi connectivity index (χ2v) is 10.8. The first-order valence-electron chi connectivity index (χ1n) is 11.4. The lowest BCUT2D eigenvalue weighted by Crippen LogP contribution is -3.00. The highest BCUT2D eigenvalue weighted by Gasteiger charge is 2.39. The standard InChI is InChI=1S/C14H13NO7S.C12H14N2.2ClH/c1-23(21,22)8-5-6-9(10(7-8)15(19)20)14(18)13-11(16)3-2-4-12(13)17;1-13-7-3-11(4-8-13)12-5-9-14(2)10-6-12;;/h5-7,13H,2-4H2,1H3;3-10H,1-2H3;2*1H/q;+2;;/p-2. The molecular formula is C26H27Cl2N3O7S. The van der Waals surface area contributed by atoms with Gasteiger partial charge in [0.2, 0.25) is 0 Å². The van der Waals surface area contributed by atoms with Crippen LogP contribution in [0.15, 0.2) is 72.1 Å². The van der Waals surface area contributed by atoms with Gasteiger partial charge in [0.05, 0.1) is 15.4 Å². The average Bonchev–Trinajstić information content (AvgIpc) is 2.84. The first kappa shape index (κ1) is 33.5. The van der Waals surface area contributed by atoms with Gasteiger partial charge in [-0.05, 0) is 29.7 Å². The van der Waals surface area contributed by atoms with Crippen molar-refractivity contribution in [2.24, 2.45) is 20.0 Å². The highest BCUT2D eigenvalue weighted by molar-refractivity contribution is 7.90. The predicted molar refractivity (Wildman–Crippen MR) is 132 cm³/mol. The van der Waals surface area contributed by atoms with E-state index in [0.717, 1.165) is 24.5 Å². The number of aryl methyl sites for hydroxylation is 2. The molecule has 4 rings (SSSR count). The minimum atomic E-state index is -3.70. The molecule has 1 aromatic carbocycles. The molecule has 0 N–H and O–H groups in total. The number of carbonyl (C=O) groups is 3. The zero-order valence-electron chi connectivity index (χ0n) is 21.4. The Labute approximate surface area is 238 Å². The van der Waals surface area contributed by atoms with Crippen LogP contribution in [0, 0.1) is 16.0 Å². The number of carbonyl (C=O) groups excluding carboxylic acids is 3. The van der Waals surface area contributed by atoms with Gasteiger partial charge in [0.25, 0.3) is 5.69 Å². The highest BCUT2D eigenvalue weighted by Crippen LogP contribution is 2.28. The number of benzene rings is 1. The molecule has 39 heavy (non-hydrogen) atoms. The molecule has 10 nitrogen and oxygen atoms in total. The van der Waals surface area contributed by atoms with Crippen molar-refractivity contribution in [2.75, 3.05) is 6.26 Å². The van der Waals surface area contributed by atoms with Crippen molar-refractivity contribution in [3.05, 3.63) is 82.9 Å². The summed E-state index contributed by atoms with van der Waals surface area (Å²) in [5.41, 5.74) is 1.34. The van der Waals surface area contributed by atoms with Gasteiger partial charge in [-0.15, -0.1) is 0 Å². The van der Waals surface area contributed by atoms with E-state index in [9.17, 15) is 32.9 Å². The number of nitro groups is 1. The lowest BCUT2D eigenvalue weighted by atomic mass is 9.81. The maximum atomic E-state index is 12.4. The van der Waals surface area contributed by atoms with Crippen LogP contribution in [0.25, 0.3) is 11.1 Å². The number of rotatable bonds is 5. The van der Waals surface area contributed by atoms with Crippen LogP contribution in [0.4, 0.5) is 5.69 Å². The summed E-state index contributed by atoms with van der Waals surface area (Å²) in [4.78, 5) is 46.0. The SMILES string of the molecule is CS(=O)(=O)c1ccc(C(=O)C2C(=O)CCCC2=O)c([N+](=O)[O-])c1.C[n+]1ccc(-c2cc[n+](C)cc2)cc1.[Cl-].[Cl-]. The van der Waals surface area contributed by atoms with Crippen molar-refractivity contribution in [1.82, 2.24) is 0 Å². The number of ketones is 3. The molecule has 0 atom stereocenters. The monoisotopic (exact) mass is 595 g/mol. The number of sulfone groups is 1. The Kier molecular flexibility index (Phi) is 12.0. The van der Waals surface area contributed by atoms with Gasteiger partial charge in [-0.25, -0.2) is 17.6 Å². The van der Waals surface area contributed by atoms with E-state index in [2.05, 4.69) is 49.1 Å². The number of Topliss-reactive ketones (excluding diaryl/α,β-unsaturated/α-hetero) is 3. The highest BCUT2D eigenvalue weighted by atomic mass is 35.5. The van der Waals surface area contributed by atoms with Crippen LogP contribution in [0.5, 0.6) is 0 Å². The second kappa shape index (κ2) is 14.0. The van der Waals surface area contributed by atoms with Gasteiger partial charge in [0.1, 0.15) is 20.0 Å². The first-order chi connectivity index (χ1) is 17.4. The molecule has 0 radical (unpaired) electrons. The van der Waals surface area contributed by atoms with Crippen molar-refractivity contribution in [1.29, 1.82) is 0 Å². The van der Waals surface area contributed by atoms with Gasteiger partial charge in [0, 0.05) is 49.4 Å². The molecule has 0 aliphatic heterocycles. The van der Waals surface area contributed by atoms with E-state index >= 15 is 0 Å². The summed E-state index contributed by atoms with van der Waals surface area (Å²) in [5.74, 6) is -3.61. The minimum Gasteiger partial charge on any atom is -1.00 e. The predicted octanol–water partition coefficient (Wildman–Crippen LogP) is -3.87. The molecule has 2 aromatic heterocycles. The summed E-state index contributed by atoms with van der Waals surface area (Å²) < 4.78 is 27.0. The fraction of sp³-hybridized carbons (Fsp3) is 0.269. The summed E-state index contributed by atoms with van der Waals surface area (Å²) in [5, 5.41) is 11.1. The summed E-state index contributed by atoms with van der Waals surface area (Å²) in [7, 11) is 0.348. The molecule has 2 heterocycles. The number of hydrogen-bond acceptors (Lipinski definition) is 7. The van der Waals surface area contributed by atoms with Gasteiger partial charge in [-0.1, -0.05) is 0 Å². The van der Waals surface area contributed by atoms with Gasteiger partial charge in [-0.2, -0.15) is 0 Å². The molecule has 1 aliphatic carbocycles. The number of hydrogen-bond donors (Lipinski definition) is 0. The van der Waals surface area contributed by atoms with Crippen LogP contribution in [0.1, 0.15) is 29.6 Å². The van der Waals surface area contributed by atoms with Crippen LogP contribution < -0.4 is 33.9 Å². The maximum absolute atomic E-state index is 12.4. The van der Waals surface area contributed by atoms with Gasteiger partial charge in [-0.3, -0.25) is 24.5 Å². The lowest BCUT2D eigenvalue weighted by Gasteiger charge is -2.18. The van der Waals surface area contributed by atoms with Gasteiger partial charge >= 0.3 is 0 Å².